The second-order valence-electron chi connectivity index (χ2n) is 6.69. The van der Waals surface area contributed by atoms with Gasteiger partial charge in [-0.1, -0.05) is 23.7 Å². The predicted molar refractivity (Wildman–Crippen MR) is 114 cm³/mol. The van der Waals surface area contributed by atoms with E-state index in [1.165, 1.54) is 26.7 Å². The molecule has 0 aliphatic rings. The van der Waals surface area contributed by atoms with Crippen molar-refractivity contribution in [1.82, 2.24) is 9.97 Å². The smallest absolute Gasteiger partial charge is 0.260 e. The molecule has 4 aromatic rings. The zero-order valence-electron chi connectivity index (χ0n) is 15.0. The molecule has 0 fully saturated rings. The number of hydrogen-bond donors (Lipinski definition) is 2. The molecule has 3 aromatic heterocycles. The maximum Gasteiger partial charge on any atom is 0.260 e. The largest absolute Gasteiger partial charge is 0.327 e. The Balaban J connectivity index is 1.58. The molecule has 4 nitrogen and oxygen atoms in total. The van der Waals surface area contributed by atoms with Gasteiger partial charge in [0.1, 0.15) is 17.9 Å². The highest BCUT2D eigenvalue weighted by Crippen LogP contribution is 2.34. The highest BCUT2D eigenvalue weighted by atomic mass is 35.5. The molecule has 0 aliphatic heterocycles. The molecule has 0 saturated carbocycles. The molecule has 138 valence electrons. The summed E-state index contributed by atoms with van der Waals surface area (Å²) in [5.74, 6) is 0.717. The fourth-order valence-corrected chi connectivity index (χ4v) is 5.19. The van der Waals surface area contributed by atoms with Crippen molar-refractivity contribution in [3.63, 3.8) is 0 Å². The summed E-state index contributed by atoms with van der Waals surface area (Å²) in [6, 6.07) is 12.0. The van der Waals surface area contributed by atoms with Crippen LogP contribution in [0.25, 0.3) is 20.7 Å². The third kappa shape index (κ3) is 3.99. The molecule has 0 amide bonds. The third-order valence-corrected chi connectivity index (χ3v) is 6.55. The van der Waals surface area contributed by atoms with Crippen molar-refractivity contribution in [2.75, 3.05) is 7.05 Å². The molecule has 7 heteroatoms. The van der Waals surface area contributed by atoms with Crippen molar-refractivity contribution in [3.8, 4) is 10.4 Å². The van der Waals surface area contributed by atoms with Gasteiger partial charge in [0, 0.05) is 31.3 Å². The fraction of sp³-hybridized carbons (Fsp3) is 0.200. The minimum absolute atomic E-state index is 0.0587. The summed E-state index contributed by atoms with van der Waals surface area (Å²) in [4.78, 5) is 24.8. The average Bonchev–Trinajstić information content (AvgIpc) is 3.23. The Morgan fingerprint density at radius 1 is 1.15 bits per heavy atom. The lowest BCUT2D eigenvalue weighted by molar-refractivity contribution is -0.908. The van der Waals surface area contributed by atoms with Crippen molar-refractivity contribution >= 4 is 44.5 Å². The number of rotatable bonds is 5. The number of halogens is 1. The number of aromatic amines is 1. The van der Waals surface area contributed by atoms with E-state index in [0.29, 0.717) is 11.9 Å². The highest BCUT2D eigenvalue weighted by Gasteiger charge is 2.16. The van der Waals surface area contributed by atoms with Crippen molar-refractivity contribution in [2.45, 2.75) is 20.0 Å². The van der Waals surface area contributed by atoms with Gasteiger partial charge >= 0.3 is 0 Å². The lowest BCUT2D eigenvalue weighted by Crippen LogP contribution is -3.06. The first-order valence-electron chi connectivity index (χ1n) is 8.62. The van der Waals surface area contributed by atoms with Gasteiger partial charge in [-0.2, -0.15) is 0 Å². The van der Waals surface area contributed by atoms with Gasteiger partial charge in [0.05, 0.1) is 12.4 Å². The number of quaternary nitrogens is 1. The molecule has 3 heterocycles. The summed E-state index contributed by atoms with van der Waals surface area (Å²) in [6.45, 7) is 3.56. The van der Waals surface area contributed by atoms with Crippen molar-refractivity contribution < 1.29 is 4.90 Å². The van der Waals surface area contributed by atoms with Crippen LogP contribution >= 0.6 is 34.3 Å². The SMILES string of the molecule is Cc1ccc(-c2csc3nc(C[NH+](C)Cc4ccc(Cl)cc4)[nH]c(=O)c23)s1. The van der Waals surface area contributed by atoms with Gasteiger partial charge in [-0.15, -0.1) is 22.7 Å². The minimum Gasteiger partial charge on any atom is -0.327 e. The summed E-state index contributed by atoms with van der Waals surface area (Å²) in [5, 5.41) is 3.47. The molecule has 4 rings (SSSR count). The second-order valence-corrected chi connectivity index (χ2v) is 9.27. The number of fused-ring (bicyclic) bond motifs is 1. The molecule has 27 heavy (non-hydrogen) atoms. The van der Waals surface area contributed by atoms with Crippen LogP contribution in [-0.2, 0) is 13.1 Å². The van der Waals surface area contributed by atoms with Crippen molar-refractivity contribution in [1.29, 1.82) is 0 Å². The zero-order chi connectivity index (χ0) is 19.0. The summed E-state index contributed by atoms with van der Waals surface area (Å²) < 4.78 is 0. The first-order chi connectivity index (χ1) is 13.0. The number of aryl methyl sites for hydroxylation is 1. The lowest BCUT2D eigenvalue weighted by Gasteiger charge is -2.13. The van der Waals surface area contributed by atoms with Crippen LogP contribution in [-0.4, -0.2) is 17.0 Å². The lowest BCUT2D eigenvalue weighted by atomic mass is 10.2. The Morgan fingerprint density at radius 2 is 1.93 bits per heavy atom. The Labute approximate surface area is 170 Å². The molecule has 0 aliphatic carbocycles. The van der Waals surface area contributed by atoms with E-state index in [0.717, 1.165) is 32.7 Å². The van der Waals surface area contributed by atoms with Crippen LogP contribution in [0.5, 0.6) is 0 Å². The van der Waals surface area contributed by atoms with Crippen LogP contribution in [0.4, 0.5) is 0 Å². The topological polar surface area (TPSA) is 50.2 Å². The Kier molecular flexibility index (Phi) is 5.14. The molecule has 0 radical (unpaired) electrons. The molecule has 1 atom stereocenters. The van der Waals surface area contributed by atoms with Gasteiger partial charge in [-0.25, -0.2) is 4.98 Å². The molecule has 1 unspecified atom stereocenters. The Morgan fingerprint density at radius 3 is 2.63 bits per heavy atom. The van der Waals surface area contributed by atoms with Crippen LogP contribution in [0.1, 0.15) is 16.3 Å². The van der Waals surface area contributed by atoms with Crippen LogP contribution in [0.3, 0.4) is 0 Å². The zero-order valence-corrected chi connectivity index (χ0v) is 17.4. The summed E-state index contributed by atoms with van der Waals surface area (Å²) >= 11 is 9.17. The fourth-order valence-electron chi connectivity index (χ4n) is 3.14. The molecule has 0 bridgehead atoms. The van der Waals surface area contributed by atoms with Crippen LogP contribution < -0.4 is 10.5 Å². The number of benzene rings is 1. The number of H-pyrrole nitrogens is 1. The number of nitrogens with one attached hydrogen (secondary N) is 2. The molecule has 0 spiro atoms. The van der Waals surface area contributed by atoms with E-state index in [2.05, 4.69) is 31.1 Å². The number of thiophene rings is 2. The van der Waals surface area contributed by atoms with Gasteiger partial charge < -0.3 is 9.88 Å². The predicted octanol–water partition coefficient (Wildman–Crippen LogP) is 3.89. The van der Waals surface area contributed by atoms with E-state index < -0.39 is 0 Å². The van der Waals surface area contributed by atoms with Gasteiger partial charge in [0.25, 0.3) is 5.56 Å². The molecular formula is C20H19ClN3OS2+. The highest BCUT2D eigenvalue weighted by molar-refractivity contribution is 7.19. The third-order valence-electron chi connectivity index (χ3n) is 4.39. The second kappa shape index (κ2) is 7.56. The summed E-state index contributed by atoms with van der Waals surface area (Å²) in [5.41, 5.74) is 2.12. The van der Waals surface area contributed by atoms with E-state index >= 15 is 0 Å². The molecular weight excluding hydrogens is 398 g/mol. The number of hydrogen-bond acceptors (Lipinski definition) is 4. The first kappa shape index (κ1) is 18.4. The summed E-state index contributed by atoms with van der Waals surface area (Å²) in [7, 11) is 2.09. The standard InChI is InChI=1S/C20H18ClN3OS2/c1-12-3-8-16(27-12)15-11-26-20-18(15)19(25)22-17(23-20)10-24(2)9-13-4-6-14(21)7-5-13/h3-8,11H,9-10H2,1-2H3,(H,22,23,25)/p+1. The Hall–Kier alpha value is -1.99. The van der Waals surface area contributed by atoms with Gasteiger partial charge in [-0.05, 0) is 31.2 Å². The van der Waals surface area contributed by atoms with E-state index in [-0.39, 0.29) is 5.56 Å². The van der Waals surface area contributed by atoms with E-state index in [9.17, 15) is 4.79 Å². The van der Waals surface area contributed by atoms with Crippen molar-refractivity contribution in [3.05, 3.63) is 73.4 Å². The quantitative estimate of drug-likeness (QED) is 0.518. The average molecular weight is 417 g/mol. The van der Waals surface area contributed by atoms with Crippen LogP contribution in [0.15, 0.2) is 46.6 Å². The maximum absolute atomic E-state index is 12.7. The first-order valence-corrected chi connectivity index (χ1v) is 10.7. The molecule has 0 saturated heterocycles. The normalized spacial score (nSPS) is 12.6. The molecule has 1 aromatic carbocycles. The van der Waals surface area contributed by atoms with E-state index in [1.807, 2.05) is 29.6 Å². The van der Waals surface area contributed by atoms with E-state index in [1.54, 1.807) is 11.3 Å². The number of aromatic nitrogens is 2. The Bertz CT molecular complexity index is 1140. The van der Waals surface area contributed by atoms with Gasteiger partial charge in [-0.3, -0.25) is 4.79 Å². The van der Waals surface area contributed by atoms with Gasteiger partial charge in [0.15, 0.2) is 5.82 Å². The minimum atomic E-state index is -0.0587. The van der Waals surface area contributed by atoms with Crippen molar-refractivity contribution in [2.24, 2.45) is 0 Å². The number of nitrogens with zero attached hydrogens (tertiary/aromatic N) is 1. The van der Waals surface area contributed by atoms with Crippen LogP contribution in [0, 0.1) is 6.92 Å². The van der Waals surface area contributed by atoms with Crippen LogP contribution in [0.2, 0.25) is 5.02 Å². The van der Waals surface area contributed by atoms with E-state index in [4.69, 9.17) is 16.6 Å². The summed E-state index contributed by atoms with van der Waals surface area (Å²) in [6.07, 6.45) is 0. The monoisotopic (exact) mass is 416 g/mol. The molecule has 2 N–H and O–H groups in total. The maximum atomic E-state index is 12.7. The van der Waals surface area contributed by atoms with Gasteiger partial charge in [0.2, 0.25) is 0 Å².